The molecule has 2 nitrogen and oxygen atoms in total. The number of para-hydroxylation sites is 1. The molecule has 0 aliphatic rings. The summed E-state index contributed by atoms with van der Waals surface area (Å²) in [5.74, 6) is 0.901. The van der Waals surface area contributed by atoms with Crippen molar-refractivity contribution in [3.8, 4) is 0 Å². The highest BCUT2D eigenvalue weighted by Gasteiger charge is 2.32. The number of hydrogen-bond donors (Lipinski definition) is 1. The number of nitrogens with two attached hydrogens (primary N) is 1. The lowest BCUT2D eigenvalue weighted by molar-refractivity contribution is -0.540. The normalized spacial score (nSPS) is 13.6. The highest BCUT2D eigenvalue weighted by atomic mass is 16.3. The van der Waals surface area contributed by atoms with Gasteiger partial charge in [-0.2, -0.15) is 0 Å². The summed E-state index contributed by atoms with van der Waals surface area (Å²) in [6.45, 7) is 2.40. The molecule has 0 spiro atoms. The van der Waals surface area contributed by atoms with Gasteiger partial charge in [0.15, 0.2) is 0 Å². The topological polar surface area (TPSA) is 29.8 Å². The number of benzene rings is 4. The first-order chi connectivity index (χ1) is 16.2. The van der Waals surface area contributed by atoms with E-state index in [0.29, 0.717) is 0 Å². The molecule has 0 fully saturated rings. The van der Waals surface area contributed by atoms with Crippen LogP contribution in [0.1, 0.15) is 30.2 Å². The van der Waals surface area contributed by atoms with Gasteiger partial charge in [0.1, 0.15) is 17.0 Å². The van der Waals surface area contributed by atoms with Crippen LogP contribution < -0.4 is 5.32 Å². The number of quaternary nitrogens is 1. The lowest BCUT2D eigenvalue weighted by atomic mass is 9.72. The Morgan fingerprint density at radius 3 is 2.33 bits per heavy atom. The van der Waals surface area contributed by atoms with Crippen LogP contribution in [0.5, 0.6) is 0 Å². The van der Waals surface area contributed by atoms with Crippen LogP contribution in [-0.4, -0.2) is 7.05 Å². The van der Waals surface area contributed by atoms with Crippen molar-refractivity contribution in [2.24, 2.45) is 0 Å². The van der Waals surface area contributed by atoms with E-state index in [1.807, 2.05) is 18.2 Å². The van der Waals surface area contributed by atoms with Crippen molar-refractivity contribution >= 4 is 33.5 Å². The van der Waals surface area contributed by atoms with Crippen LogP contribution in [0.15, 0.2) is 108 Å². The molecule has 1 atom stereocenters. The molecule has 5 rings (SSSR count). The Labute approximate surface area is 195 Å². The molecule has 0 bridgehead atoms. The van der Waals surface area contributed by atoms with Gasteiger partial charge < -0.3 is 9.73 Å². The van der Waals surface area contributed by atoms with E-state index < -0.39 is 0 Å². The summed E-state index contributed by atoms with van der Waals surface area (Å²) in [7, 11) is 2.14. The third-order valence-electron chi connectivity index (χ3n) is 6.61. The zero-order valence-corrected chi connectivity index (χ0v) is 19.3. The van der Waals surface area contributed by atoms with Gasteiger partial charge in [0, 0.05) is 16.4 Å². The third-order valence-corrected chi connectivity index (χ3v) is 6.61. The fraction of sp³-hybridized carbons (Fsp3) is 0.161. The van der Waals surface area contributed by atoms with Crippen LogP contribution in [0.2, 0.25) is 0 Å². The number of allylic oxidation sites excluding steroid dienone is 1. The fourth-order valence-corrected chi connectivity index (χ4v) is 5.03. The van der Waals surface area contributed by atoms with E-state index in [4.69, 9.17) is 4.42 Å². The maximum absolute atomic E-state index is 6.03. The van der Waals surface area contributed by atoms with Crippen LogP contribution in [0, 0.1) is 0 Å². The Kier molecular flexibility index (Phi) is 5.85. The zero-order chi connectivity index (χ0) is 22.7. The zero-order valence-electron chi connectivity index (χ0n) is 19.3. The molecular weight excluding hydrogens is 402 g/mol. The van der Waals surface area contributed by atoms with Crippen LogP contribution in [-0.2, 0) is 11.8 Å². The third kappa shape index (κ3) is 4.35. The minimum absolute atomic E-state index is 0.0768. The highest BCUT2D eigenvalue weighted by molar-refractivity contribution is 5.90. The van der Waals surface area contributed by atoms with Gasteiger partial charge in [-0.05, 0) is 59.5 Å². The number of fused-ring (bicyclic) bond motifs is 2. The predicted octanol–water partition coefficient (Wildman–Crippen LogP) is 7.01. The molecule has 1 aromatic heterocycles. The summed E-state index contributed by atoms with van der Waals surface area (Å²) in [5.41, 5.74) is 4.94. The standard InChI is InChI=1S/C31H29NO/c1-31(22-23-11-4-3-5-12-23,20-10-15-26-21-25-14-7-9-17-29(25)33-26)30-27-16-8-6-13-24(27)18-19-28(30)32-2/h3-19,21,32H,20,22H2,1-2H3/p+1/b15-10+. The van der Waals surface area contributed by atoms with Gasteiger partial charge in [-0.25, -0.2) is 0 Å². The predicted molar refractivity (Wildman–Crippen MR) is 139 cm³/mol. The van der Waals surface area contributed by atoms with Crippen molar-refractivity contribution in [2.75, 3.05) is 7.05 Å². The van der Waals surface area contributed by atoms with E-state index >= 15 is 0 Å². The second-order valence-electron chi connectivity index (χ2n) is 9.06. The van der Waals surface area contributed by atoms with Crippen molar-refractivity contribution < 1.29 is 9.73 Å². The Morgan fingerprint density at radius 2 is 1.55 bits per heavy atom. The molecule has 1 heterocycles. The minimum Gasteiger partial charge on any atom is -0.457 e. The average molecular weight is 433 g/mol. The van der Waals surface area contributed by atoms with Crippen LogP contribution in [0.25, 0.3) is 27.8 Å². The van der Waals surface area contributed by atoms with Gasteiger partial charge in [0.25, 0.3) is 0 Å². The van der Waals surface area contributed by atoms with E-state index in [2.05, 4.69) is 110 Å². The van der Waals surface area contributed by atoms with E-state index in [9.17, 15) is 0 Å². The van der Waals surface area contributed by atoms with Gasteiger partial charge in [0.2, 0.25) is 0 Å². The van der Waals surface area contributed by atoms with Gasteiger partial charge in [0.05, 0.1) is 7.05 Å². The molecule has 2 N–H and O–H groups in total. The van der Waals surface area contributed by atoms with E-state index in [1.54, 1.807) is 0 Å². The van der Waals surface area contributed by atoms with E-state index in [1.165, 1.54) is 27.6 Å². The molecule has 5 aromatic rings. The molecule has 4 aromatic carbocycles. The Balaban J connectivity index is 1.57. The first-order valence-corrected chi connectivity index (χ1v) is 11.7. The molecule has 0 aliphatic carbocycles. The van der Waals surface area contributed by atoms with Crippen LogP contribution >= 0.6 is 0 Å². The summed E-state index contributed by atoms with van der Waals surface area (Å²) in [4.78, 5) is 0. The molecule has 33 heavy (non-hydrogen) atoms. The Morgan fingerprint density at radius 1 is 0.818 bits per heavy atom. The molecule has 0 saturated carbocycles. The maximum Gasteiger partial charge on any atom is 0.134 e. The molecule has 0 aliphatic heterocycles. The van der Waals surface area contributed by atoms with Crippen LogP contribution in [0.4, 0.5) is 5.69 Å². The molecular formula is C31H30NO+. The van der Waals surface area contributed by atoms with Gasteiger partial charge in [-0.15, -0.1) is 0 Å². The van der Waals surface area contributed by atoms with Crippen molar-refractivity contribution in [3.05, 3.63) is 120 Å². The molecule has 2 heteroatoms. The van der Waals surface area contributed by atoms with Gasteiger partial charge in [-0.3, -0.25) is 0 Å². The lowest BCUT2D eigenvalue weighted by Gasteiger charge is -2.31. The Hall–Kier alpha value is -3.62. The van der Waals surface area contributed by atoms with E-state index in [-0.39, 0.29) is 5.41 Å². The number of hydrogen-bond acceptors (Lipinski definition) is 1. The van der Waals surface area contributed by atoms with Crippen molar-refractivity contribution in [2.45, 2.75) is 25.2 Å². The van der Waals surface area contributed by atoms with Gasteiger partial charge >= 0.3 is 0 Å². The van der Waals surface area contributed by atoms with Crippen molar-refractivity contribution in [1.82, 2.24) is 0 Å². The quantitative estimate of drug-likeness (QED) is 0.275. The fourth-order valence-electron chi connectivity index (χ4n) is 5.03. The second kappa shape index (κ2) is 9.09. The SMILES string of the molecule is C[NH2+]c1ccc2ccccc2c1C(C)(C/C=C/c1cc2ccccc2o1)Cc1ccccc1. The lowest BCUT2D eigenvalue weighted by Crippen LogP contribution is -2.73. The summed E-state index contributed by atoms with van der Waals surface area (Å²) >= 11 is 0. The minimum atomic E-state index is -0.0768. The average Bonchev–Trinajstić information content (AvgIpc) is 3.26. The van der Waals surface area contributed by atoms with Gasteiger partial charge in [-0.1, -0.05) is 85.8 Å². The molecule has 1 unspecified atom stereocenters. The van der Waals surface area contributed by atoms with Crippen LogP contribution in [0.3, 0.4) is 0 Å². The highest BCUT2D eigenvalue weighted by Crippen LogP contribution is 2.40. The molecule has 0 saturated heterocycles. The first-order valence-electron chi connectivity index (χ1n) is 11.7. The molecule has 0 radical (unpaired) electrons. The first kappa shape index (κ1) is 21.2. The number of rotatable bonds is 7. The van der Waals surface area contributed by atoms with Crippen molar-refractivity contribution in [3.63, 3.8) is 0 Å². The summed E-state index contributed by atoms with van der Waals surface area (Å²) < 4.78 is 6.03. The Bertz CT molecular complexity index is 1380. The van der Waals surface area contributed by atoms with E-state index in [0.717, 1.165) is 29.6 Å². The smallest absolute Gasteiger partial charge is 0.134 e. The second-order valence-corrected chi connectivity index (χ2v) is 9.06. The summed E-state index contributed by atoms with van der Waals surface area (Å²) in [5, 5.41) is 6.01. The molecule has 164 valence electrons. The number of furan rings is 1. The summed E-state index contributed by atoms with van der Waals surface area (Å²) in [6.07, 6.45) is 6.28. The van der Waals surface area contributed by atoms with Crippen molar-refractivity contribution in [1.29, 1.82) is 0 Å². The maximum atomic E-state index is 6.03. The monoisotopic (exact) mass is 432 g/mol. The largest absolute Gasteiger partial charge is 0.457 e. The molecule has 0 amide bonds. The summed E-state index contributed by atoms with van der Waals surface area (Å²) in [6, 6.07) is 34.4.